The van der Waals surface area contributed by atoms with Crippen molar-refractivity contribution in [1.29, 1.82) is 0 Å². The summed E-state index contributed by atoms with van der Waals surface area (Å²) in [6, 6.07) is 0. The SMILES string of the molecule is CCOC(=O)c1sc2ncn(CC(=O)N(C)CC(=O)N(CC)CC)c(=O)c2c1C. The van der Waals surface area contributed by atoms with Crippen molar-refractivity contribution >= 4 is 39.3 Å². The molecule has 0 unspecified atom stereocenters. The summed E-state index contributed by atoms with van der Waals surface area (Å²) in [6.07, 6.45) is 1.29. The van der Waals surface area contributed by atoms with Crippen LogP contribution in [0.2, 0.25) is 0 Å². The smallest absolute Gasteiger partial charge is 0.348 e. The first-order valence-corrected chi connectivity index (χ1v) is 10.2. The van der Waals surface area contributed by atoms with Gasteiger partial charge in [0.15, 0.2) is 0 Å². The van der Waals surface area contributed by atoms with E-state index in [1.54, 1.807) is 18.7 Å². The van der Waals surface area contributed by atoms with E-state index in [1.807, 2.05) is 13.8 Å². The Morgan fingerprint density at radius 1 is 1.17 bits per heavy atom. The molecule has 29 heavy (non-hydrogen) atoms. The minimum atomic E-state index is -0.496. The minimum absolute atomic E-state index is 0.0601. The summed E-state index contributed by atoms with van der Waals surface area (Å²) < 4.78 is 6.21. The number of thiophene rings is 1. The van der Waals surface area contributed by atoms with Crippen molar-refractivity contribution in [2.24, 2.45) is 0 Å². The van der Waals surface area contributed by atoms with Gasteiger partial charge in [0.1, 0.15) is 16.3 Å². The number of carbonyl (C=O) groups excluding carboxylic acids is 3. The number of hydrogen-bond donors (Lipinski definition) is 0. The Bertz CT molecular complexity index is 977. The summed E-state index contributed by atoms with van der Waals surface area (Å²) >= 11 is 1.09. The number of aromatic nitrogens is 2. The van der Waals surface area contributed by atoms with E-state index in [0.29, 0.717) is 33.7 Å². The standard InChI is InChI=1S/C19H26N4O5S/c1-6-22(7-2)14(25)9-21(5)13(24)10-23-11-20-17-15(18(23)26)12(4)16(29-17)19(27)28-8-3/h11H,6-10H2,1-5H3. The lowest BCUT2D eigenvalue weighted by molar-refractivity contribution is -0.139. The minimum Gasteiger partial charge on any atom is -0.462 e. The van der Waals surface area contributed by atoms with Crippen LogP contribution < -0.4 is 5.56 Å². The van der Waals surface area contributed by atoms with Crippen molar-refractivity contribution in [3.63, 3.8) is 0 Å². The predicted octanol–water partition coefficient (Wildman–Crippen LogP) is 1.27. The van der Waals surface area contributed by atoms with Gasteiger partial charge < -0.3 is 14.5 Å². The van der Waals surface area contributed by atoms with Gasteiger partial charge in [-0.3, -0.25) is 19.0 Å². The first kappa shape index (κ1) is 22.5. The van der Waals surface area contributed by atoms with Crippen LogP contribution in [0.25, 0.3) is 10.2 Å². The van der Waals surface area contributed by atoms with Crippen LogP contribution in [0.3, 0.4) is 0 Å². The third-order valence-corrected chi connectivity index (χ3v) is 5.78. The number of ether oxygens (including phenoxy) is 1. The molecule has 0 aromatic carbocycles. The molecule has 0 aliphatic rings. The Morgan fingerprint density at radius 3 is 2.41 bits per heavy atom. The maximum Gasteiger partial charge on any atom is 0.348 e. The van der Waals surface area contributed by atoms with Crippen LogP contribution in [0.15, 0.2) is 11.1 Å². The molecule has 0 radical (unpaired) electrons. The Labute approximate surface area is 172 Å². The number of rotatable bonds is 8. The van der Waals surface area contributed by atoms with Gasteiger partial charge in [-0.25, -0.2) is 9.78 Å². The van der Waals surface area contributed by atoms with Crippen LogP contribution in [-0.4, -0.2) is 70.4 Å². The zero-order valence-electron chi connectivity index (χ0n) is 17.4. The molecule has 9 nitrogen and oxygen atoms in total. The first-order chi connectivity index (χ1) is 13.7. The summed E-state index contributed by atoms with van der Waals surface area (Å²) in [5.41, 5.74) is 0.0870. The molecule has 0 saturated carbocycles. The Balaban J connectivity index is 2.24. The van der Waals surface area contributed by atoms with Crippen LogP contribution in [-0.2, 0) is 20.9 Å². The van der Waals surface area contributed by atoms with Crippen LogP contribution in [0.1, 0.15) is 36.0 Å². The van der Waals surface area contributed by atoms with Crippen molar-refractivity contribution in [1.82, 2.24) is 19.4 Å². The van der Waals surface area contributed by atoms with Gasteiger partial charge in [0, 0.05) is 20.1 Å². The average Bonchev–Trinajstić information content (AvgIpc) is 3.02. The quantitative estimate of drug-likeness (QED) is 0.594. The Morgan fingerprint density at radius 2 is 1.83 bits per heavy atom. The van der Waals surface area contributed by atoms with E-state index in [0.717, 1.165) is 11.3 Å². The van der Waals surface area contributed by atoms with E-state index in [9.17, 15) is 19.2 Å². The molecule has 158 valence electrons. The second-order valence-electron chi connectivity index (χ2n) is 6.45. The lowest BCUT2D eigenvalue weighted by Crippen LogP contribution is -2.42. The topological polar surface area (TPSA) is 102 Å². The van der Waals surface area contributed by atoms with Crippen molar-refractivity contribution in [2.75, 3.05) is 33.3 Å². The molecule has 0 aliphatic heterocycles. The summed E-state index contributed by atoms with van der Waals surface area (Å²) in [4.78, 5) is 57.5. The van der Waals surface area contributed by atoms with Crippen molar-refractivity contribution in [3.8, 4) is 0 Å². The number of hydrogen-bond acceptors (Lipinski definition) is 7. The third kappa shape index (κ3) is 4.81. The molecule has 0 fully saturated rings. The number of carbonyl (C=O) groups is 3. The molecular formula is C19H26N4O5S. The second kappa shape index (κ2) is 9.64. The van der Waals surface area contributed by atoms with Crippen LogP contribution >= 0.6 is 11.3 Å². The molecule has 2 heterocycles. The lowest BCUT2D eigenvalue weighted by Gasteiger charge is -2.23. The molecule has 0 bridgehead atoms. The highest BCUT2D eigenvalue weighted by molar-refractivity contribution is 7.20. The van der Waals surface area contributed by atoms with Crippen LogP contribution in [0, 0.1) is 6.92 Å². The van der Waals surface area contributed by atoms with Gasteiger partial charge in [0.2, 0.25) is 11.8 Å². The molecule has 10 heteroatoms. The molecule has 0 N–H and O–H groups in total. The number of fused-ring (bicyclic) bond motifs is 1. The molecule has 2 aromatic rings. The van der Waals surface area contributed by atoms with Gasteiger partial charge in [-0.15, -0.1) is 11.3 Å². The Kier molecular flexibility index (Phi) is 7.49. The summed E-state index contributed by atoms with van der Waals surface area (Å²) in [5, 5.41) is 0.301. The zero-order chi connectivity index (χ0) is 21.7. The monoisotopic (exact) mass is 422 g/mol. The third-order valence-electron chi connectivity index (χ3n) is 4.60. The second-order valence-corrected chi connectivity index (χ2v) is 7.45. The van der Waals surface area contributed by atoms with Crippen LogP contribution in [0.5, 0.6) is 0 Å². The first-order valence-electron chi connectivity index (χ1n) is 9.42. The molecule has 0 spiro atoms. The summed E-state index contributed by atoms with van der Waals surface area (Å²) in [7, 11) is 1.52. The Hall–Kier alpha value is -2.75. The van der Waals surface area contributed by atoms with E-state index >= 15 is 0 Å². The van der Waals surface area contributed by atoms with Crippen molar-refractivity contribution in [2.45, 2.75) is 34.2 Å². The summed E-state index contributed by atoms with van der Waals surface area (Å²) in [5.74, 6) is -1.03. The molecule has 0 aliphatic carbocycles. The molecular weight excluding hydrogens is 396 g/mol. The van der Waals surface area contributed by atoms with E-state index in [2.05, 4.69) is 4.98 Å². The highest BCUT2D eigenvalue weighted by atomic mass is 32.1. The fourth-order valence-corrected chi connectivity index (χ4v) is 3.93. The number of amides is 2. The van der Waals surface area contributed by atoms with Gasteiger partial charge in [-0.2, -0.15) is 0 Å². The van der Waals surface area contributed by atoms with Crippen molar-refractivity contribution < 1.29 is 19.1 Å². The fraction of sp³-hybridized carbons (Fsp3) is 0.526. The number of nitrogens with zero attached hydrogens (tertiary/aromatic N) is 4. The van der Waals surface area contributed by atoms with E-state index in [-0.39, 0.29) is 31.5 Å². The van der Waals surface area contributed by atoms with E-state index < -0.39 is 11.5 Å². The highest BCUT2D eigenvalue weighted by Gasteiger charge is 2.22. The van der Waals surface area contributed by atoms with Gasteiger partial charge in [0.05, 0.1) is 24.9 Å². The molecule has 0 atom stereocenters. The molecule has 2 aromatic heterocycles. The fourth-order valence-electron chi connectivity index (χ4n) is 2.90. The summed E-state index contributed by atoms with van der Waals surface area (Å²) in [6.45, 7) is 8.18. The number of likely N-dealkylation sites (N-methyl/N-ethyl adjacent to an activating group) is 2. The van der Waals surface area contributed by atoms with E-state index in [4.69, 9.17) is 4.74 Å². The molecule has 2 amide bonds. The maximum atomic E-state index is 12.9. The zero-order valence-corrected chi connectivity index (χ0v) is 18.2. The average molecular weight is 423 g/mol. The predicted molar refractivity (Wildman–Crippen MR) is 110 cm³/mol. The van der Waals surface area contributed by atoms with E-state index in [1.165, 1.54) is 22.8 Å². The maximum absolute atomic E-state index is 12.9. The normalized spacial score (nSPS) is 10.8. The molecule has 2 rings (SSSR count). The highest BCUT2D eigenvalue weighted by Crippen LogP contribution is 2.27. The number of aryl methyl sites for hydroxylation is 1. The molecule has 0 saturated heterocycles. The van der Waals surface area contributed by atoms with Crippen LogP contribution in [0.4, 0.5) is 0 Å². The van der Waals surface area contributed by atoms with Gasteiger partial charge in [0.25, 0.3) is 5.56 Å². The van der Waals surface area contributed by atoms with Gasteiger partial charge in [-0.05, 0) is 33.3 Å². The lowest BCUT2D eigenvalue weighted by atomic mass is 10.2. The van der Waals surface area contributed by atoms with Gasteiger partial charge >= 0.3 is 5.97 Å². The number of esters is 1. The van der Waals surface area contributed by atoms with Crippen molar-refractivity contribution in [3.05, 3.63) is 27.1 Å². The largest absolute Gasteiger partial charge is 0.462 e. The van der Waals surface area contributed by atoms with Gasteiger partial charge in [-0.1, -0.05) is 0 Å².